The molecule has 0 spiro atoms. The number of rotatable bonds is 5. The summed E-state index contributed by atoms with van der Waals surface area (Å²) in [5.41, 5.74) is 0.329. The van der Waals surface area contributed by atoms with Gasteiger partial charge in [-0.1, -0.05) is 11.6 Å². The van der Waals surface area contributed by atoms with Crippen molar-refractivity contribution in [1.82, 2.24) is 0 Å². The molecule has 22 heavy (non-hydrogen) atoms. The molecule has 0 fully saturated rings. The normalized spacial score (nSPS) is 10.3. The van der Waals surface area contributed by atoms with E-state index in [2.05, 4.69) is 5.32 Å². The maximum Gasteiger partial charge on any atom is 0.224 e. The van der Waals surface area contributed by atoms with Gasteiger partial charge in [0.15, 0.2) is 5.78 Å². The van der Waals surface area contributed by atoms with Crippen LogP contribution in [-0.4, -0.2) is 11.7 Å². The highest BCUT2D eigenvalue weighted by atomic mass is 35.5. The van der Waals surface area contributed by atoms with Crippen LogP contribution in [0.15, 0.2) is 42.5 Å². The molecule has 1 amide bonds. The van der Waals surface area contributed by atoms with Crippen LogP contribution < -0.4 is 5.32 Å². The maximum atomic E-state index is 13.4. The quantitative estimate of drug-likeness (QED) is 0.837. The van der Waals surface area contributed by atoms with Crippen molar-refractivity contribution < 1.29 is 18.4 Å². The Balaban J connectivity index is 1.89. The summed E-state index contributed by atoms with van der Waals surface area (Å²) in [6, 6.07) is 9.16. The van der Waals surface area contributed by atoms with E-state index >= 15 is 0 Å². The van der Waals surface area contributed by atoms with E-state index in [-0.39, 0.29) is 24.3 Å². The third-order valence-corrected chi connectivity index (χ3v) is 3.20. The second-order valence-corrected chi connectivity index (χ2v) is 5.04. The molecule has 0 bridgehead atoms. The number of benzene rings is 2. The first-order chi connectivity index (χ1) is 10.5. The van der Waals surface area contributed by atoms with E-state index in [1.54, 1.807) is 24.3 Å². The molecule has 0 radical (unpaired) electrons. The summed E-state index contributed by atoms with van der Waals surface area (Å²) in [4.78, 5) is 23.6. The standard InChI is InChI=1S/C16H12ClF2NO2/c17-11-3-1-10(2-4-11)15(21)7-8-16(22)20-14-6-5-12(18)9-13(14)19/h1-6,9H,7-8H2,(H,20,22). The maximum absolute atomic E-state index is 13.4. The lowest BCUT2D eigenvalue weighted by molar-refractivity contribution is -0.116. The lowest BCUT2D eigenvalue weighted by atomic mass is 10.1. The van der Waals surface area contributed by atoms with Gasteiger partial charge in [0.05, 0.1) is 5.69 Å². The van der Waals surface area contributed by atoms with E-state index in [1.807, 2.05) is 0 Å². The molecule has 0 saturated carbocycles. The van der Waals surface area contributed by atoms with Gasteiger partial charge in [0, 0.05) is 29.5 Å². The third kappa shape index (κ3) is 4.36. The van der Waals surface area contributed by atoms with Crippen LogP contribution in [-0.2, 0) is 4.79 Å². The molecule has 2 aromatic carbocycles. The largest absolute Gasteiger partial charge is 0.324 e. The van der Waals surface area contributed by atoms with E-state index in [1.165, 1.54) is 0 Å². The van der Waals surface area contributed by atoms with Crippen molar-refractivity contribution in [2.45, 2.75) is 12.8 Å². The highest BCUT2D eigenvalue weighted by Crippen LogP contribution is 2.16. The molecule has 0 atom stereocenters. The lowest BCUT2D eigenvalue weighted by Gasteiger charge is -2.06. The van der Waals surface area contributed by atoms with Crippen LogP contribution in [0.4, 0.5) is 14.5 Å². The van der Waals surface area contributed by atoms with Crippen LogP contribution in [0.1, 0.15) is 23.2 Å². The number of halogens is 3. The fourth-order valence-corrected chi connectivity index (χ4v) is 1.94. The number of nitrogens with one attached hydrogen (secondary N) is 1. The molecule has 2 rings (SSSR count). The summed E-state index contributed by atoms with van der Waals surface area (Å²) in [6.45, 7) is 0. The Hall–Kier alpha value is -2.27. The predicted molar refractivity (Wildman–Crippen MR) is 80.0 cm³/mol. The molecule has 1 N–H and O–H groups in total. The van der Waals surface area contributed by atoms with E-state index in [0.717, 1.165) is 12.1 Å². The van der Waals surface area contributed by atoms with Gasteiger partial charge in [-0.2, -0.15) is 0 Å². The molecular formula is C16H12ClF2NO2. The second-order valence-electron chi connectivity index (χ2n) is 4.60. The van der Waals surface area contributed by atoms with Crippen LogP contribution in [0.5, 0.6) is 0 Å². The Labute approximate surface area is 130 Å². The average Bonchev–Trinajstić information content (AvgIpc) is 2.48. The first-order valence-corrected chi connectivity index (χ1v) is 6.87. The topological polar surface area (TPSA) is 46.2 Å². The average molecular weight is 324 g/mol. The summed E-state index contributed by atoms with van der Waals surface area (Å²) in [5.74, 6) is -2.33. The Bertz CT molecular complexity index is 702. The predicted octanol–water partition coefficient (Wildman–Crippen LogP) is 4.22. The van der Waals surface area contributed by atoms with Gasteiger partial charge >= 0.3 is 0 Å². The van der Waals surface area contributed by atoms with Crippen LogP contribution in [0.2, 0.25) is 5.02 Å². The molecule has 6 heteroatoms. The Kier molecular flexibility index (Phi) is 5.22. The molecule has 2 aromatic rings. The highest BCUT2D eigenvalue weighted by Gasteiger charge is 2.11. The molecule has 0 unspecified atom stereocenters. The molecule has 0 saturated heterocycles. The van der Waals surface area contributed by atoms with Gasteiger partial charge < -0.3 is 5.32 Å². The minimum absolute atomic E-state index is 0.0176. The zero-order valence-corrected chi connectivity index (χ0v) is 12.2. The summed E-state index contributed by atoms with van der Waals surface area (Å²) < 4.78 is 26.1. The van der Waals surface area contributed by atoms with E-state index in [0.29, 0.717) is 16.7 Å². The first kappa shape index (κ1) is 16.1. The Morgan fingerprint density at radius 1 is 1.00 bits per heavy atom. The summed E-state index contributed by atoms with van der Waals surface area (Å²) in [6.07, 6.45) is -0.117. The van der Waals surface area contributed by atoms with Crippen molar-refractivity contribution in [3.63, 3.8) is 0 Å². The number of anilines is 1. The monoisotopic (exact) mass is 323 g/mol. The minimum atomic E-state index is -0.864. The van der Waals surface area contributed by atoms with Crippen molar-refractivity contribution in [1.29, 1.82) is 0 Å². The number of carbonyl (C=O) groups excluding carboxylic acids is 2. The van der Waals surface area contributed by atoms with Crippen LogP contribution in [0, 0.1) is 11.6 Å². The summed E-state index contributed by atoms with van der Waals surface area (Å²) in [5, 5.41) is 2.81. The van der Waals surface area contributed by atoms with Gasteiger partial charge in [-0.05, 0) is 36.4 Å². The lowest BCUT2D eigenvalue weighted by Crippen LogP contribution is -2.14. The zero-order chi connectivity index (χ0) is 16.1. The first-order valence-electron chi connectivity index (χ1n) is 6.49. The van der Waals surface area contributed by atoms with Crippen molar-refractivity contribution in [3.8, 4) is 0 Å². The number of hydrogen-bond donors (Lipinski definition) is 1. The number of hydrogen-bond acceptors (Lipinski definition) is 2. The van der Waals surface area contributed by atoms with Crippen LogP contribution in [0.3, 0.4) is 0 Å². The molecule has 0 aliphatic heterocycles. The molecule has 114 valence electrons. The molecule has 0 aliphatic rings. The molecule has 0 heterocycles. The summed E-state index contributed by atoms with van der Waals surface area (Å²) in [7, 11) is 0. The fraction of sp³-hybridized carbons (Fsp3) is 0.125. The van der Waals surface area contributed by atoms with Gasteiger partial charge in [0.2, 0.25) is 5.91 Å². The van der Waals surface area contributed by atoms with Crippen molar-refractivity contribution in [2.24, 2.45) is 0 Å². The zero-order valence-electron chi connectivity index (χ0n) is 11.4. The van der Waals surface area contributed by atoms with Gasteiger partial charge in [0.1, 0.15) is 11.6 Å². The molecular weight excluding hydrogens is 312 g/mol. The fourth-order valence-electron chi connectivity index (χ4n) is 1.81. The molecule has 0 aromatic heterocycles. The van der Waals surface area contributed by atoms with Gasteiger partial charge in [-0.3, -0.25) is 9.59 Å². The molecule has 0 aliphatic carbocycles. The van der Waals surface area contributed by atoms with Gasteiger partial charge in [0.25, 0.3) is 0 Å². The SMILES string of the molecule is O=C(CCC(=O)c1ccc(Cl)cc1)Nc1ccc(F)cc1F. The Morgan fingerprint density at radius 3 is 2.32 bits per heavy atom. The van der Waals surface area contributed by atoms with Crippen molar-refractivity contribution in [3.05, 3.63) is 64.7 Å². The highest BCUT2D eigenvalue weighted by molar-refractivity contribution is 6.30. The van der Waals surface area contributed by atoms with Crippen LogP contribution in [0.25, 0.3) is 0 Å². The summed E-state index contributed by atoms with van der Waals surface area (Å²) >= 11 is 5.72. The van der Waals surface area contributed by atoms with Crippen molar-refractivity contribution in [2.75, 3.05) is 5.32 Å². The smallest absolute Gasteiger partial charge is 0.224 e. The minimum Gasteiger partial charge on any atom is -0.324 e. The number of carbonyl (C=O) groups is 2. The van der Waals surface area contributed by atoms with Gasteiger partial charge in [-0.15, -0.1) is 0 Å². The van der Waals surface area contributed by atoms with Crippen LogP contribution >= 0.6 is 11.6 Å². The third-order valence-electron chi connectivity index (χ3n) is 2.95. The van der Waals surface area contributed by atoms with Crippen molar-refractivity contribution >= 4 is 29.0 Å². The van der Waals surface area contributed by atoms with E-state index in [9.17, 15) is 18.4 Å². The molecule has 3 nitrogen and oxygen atoms in total. The van der Waals surface area contributed by atoms with E-state index < -0.39 is 17.5 Å². The van der Waals surface area contributed by atoms with E-state index in [4.69, 9.17) is 11.6 Å². The Morgan fingerprint density at radius 2 is 1.68 bits per heavy atom. The number of ketones is 1. The number of amides is 1. The second kappa shape index (κ2) is 7.13. The number of Topliss-reactive ketones (excluding diaryl/α,β-unsaturated/α-hetero) is 1. The van der Waals surface area contributed by atoms with Gasteiger partial charge in [-0.25, -0.2) is 8.78 Å².